The van der Waals surface area contributed by atoms with Gasteiger partial charge in [-0.05, 0) is 35.9 Å². The van der Waals surface area contributed by atoms with Gasteiger partial charge < -0.3 is 5.32 Å². The molecule has 0 atom stereocenters. The molecule has 4 rings (SSSR count). The first-order valence-corrected chi connectivity index (χ1v) is 11.1. The van der Waals surface area contributed by atoms with Crippen molar-refractivity contribution < 1.29 is 4.79 Å². The van der Waals surface area contributed by atoms with Crippen LogP contribution in [0.3, 0.4) is 0 Å². The second-order valence-electron chi connectivity index (χ2n) is 6.93. The minimum absolute atomic E-state index is 0.0209. The van der Waals surface area contributed by atoms with Crippen molar-refractivity contribution in [1.29, 1.82) is 5.26 Å². The highest BCUT2D eigenvalue weighted by Crippen LogP contribution is 2.22. The van der Waals surface area contributed by atoms with Crippen LogP contribution < -0.4 is 10.9 Å². The van der Waals surface area contributed by atoms with E-state index in [9.17, 15) is 14.9 Å². The number of hydrogen-bond acceptors (Lipinski definition) is 5. The van der Waals surface area contributed by atoms with Crippen molar-refractivity contribution in [3.05, 3.63) is 99.3 Å². The molecule has 0 aliphatic rings. The fraction of sp³-hybridized carbons (Fsp3) is 0.0833. The molecule has 1 N–H and O–H groups in total. The van der Waals surface area contributed by atoms with Crippen molar-refractivity contribution in [3.8, 4) is 6.07 Å². The van der Waals surface area contributed by atoms with Crippen molar-refractivity contribution in [2.45, 2.75) is 11.7 Å². The van der Waals surface area contributed by atoms with Gasteiger partial charge in [-0.1, -0.05) is 65.8 Å². The lowest BCUT2D eigenvalue weighted by atomic mass is 10.2. The van der Waals surface area contributed by atoms with E-state index in [1.807, 2.05) is 30.3 Å². The predicted molar refractivity (Wildman–Crippen MR) is 127 cm³/mol. The molecule has 0 bridgehead atoms. The summed E-state index contributed by atoms with van der Waals surface area (Å²) < 4.78 is 1.56. The standard InChI is InChI=1S/C24H17ClN4O2S/c25-18-10-11-19-21(12-18)28-24(29(23(19)31)14-16-6-2-1-3-7-16)32-15-22(30)27-20-9-5-4-8-17(20)13-26/h1-12H,14-15H2,(H,27,30). The zero-order valence-corrected chi connectivity index (χ0v) is 18.4. The van der Waals surface area contributed by atoms with E-state index in [0.29, 0.717) is 38.9 Å². The molecule has 3 aromatic carbocycles. The van der Waals surface area contributed by atoms with Gasteiger partial charge in [0.1, 0.15) is 6.07 Å². The highest BCUT2D eigenvalue weighted by Gasteiger charge is 2.15. The van der Waals surface area contributed by atoms with Gasteiger partial charge in [-0.3, -0.25) is 14.2 Å². The van der Waals surface area contributed by atoms with Crippen LogP contribution in [0.4, 0.5) is 5.69 Å². The Labute approximate surface area is 193 Å². The number of fused-ring (bicyclic) bond motifs is 1. The molecule has 32 heavy (non-hydrogen) atoms. The number of para-hydroxylation sites is 1. The van der Waals surface area contributed by atoms with E-state index >= 15 is 0 Å². The lowest BCUT2D eigenvalue weighted by Gasteiger charge is -2.13. The molecule has 0 saturated carbocycles. The Morgan fingerprint density at radius 1 is 1.09 bits per heavy atom. The molecule has 4 aromatic rings. The summed E-state index contributed by atoms with van der Waals surface area (Å²) in [6.45, 7) is 0.326. The van der Waals surface area contributed by atoms with Crippen molar-refractivity contribution in [2.75, 3.05) is 11.1 Å². The van der Waals surface area contributed by atoms with Gasteiger partial charge in [-0.2, -0.15) is 5.26 Å². The Morgan fingerprint density at radius 3 is 2.62 bits per heavy atom. The van der Waals surface area contributed by atoms with Gasteiger partial charge in [0.15, 0.2) is 5.16 Å². The molecule has 0 aliphatic heterocycles. The highest BCUT2D eigenvalue weighted by atomic mass is 35.5. The smallest absolute Gasteiger partial charge is 0.262 e. The first kappa shape index (κ1) is 21.6. The Bertz CT molecular complexity index is 1400. The summed E-state index contributed by atoms with van der Waals surface area (Å²) in [6.07, 6.45) is 0. The van der Waals surface area contributed by atoms with Crippen molar-refractivity contribution in [3.63, 3.8) is 0 Å². The fourth-order valence-electron chi connectivity index (χ4n) is 3.20. The van der Waals surface area contributed by atoms with Gasteiger partial charge in [0.05, 0.1) is 34.5 Å². The summed E-state index contributed by atoms with van der Waals surface area (Å²) in [5.41, 5.74) is 2.04. The van der Waals surface area contributed by atoms with Gasteiger partial charge in [0, 0.05) is 5.02 Å². The average Bonchev–Trinajstić information content (AvgIpc) is 2.80. The van der Waals surface area contributed by atoms with Gasteiger partial charge in [-0.15, -0.1) is 0 Å². The van der Waals surface area contributed by atoms with Crippen LogP contribution in [-0.4, -0.2) is 21.2 Å². The van der Waals surface area contributed by atoms with Crippen molar-refractivity contribution in [2.24, 2.45) is 0 Å². The quantitative estimate of drug-likeness (QED) is 0.333. The number of halogens is 1. The molecule has 1 amide bonds. The van der Waals surface area contributed by atoms with Gasteiger partial charge in [0.2, 0.25) is 5.91 Å². The second kappa shape index (κ2) is 9.69. The van der Waals surface area contributed by atoms with Crippen LogP contribution in [0.1, 0.15) is 11.1 Å². The van der Waals surface area contributed by atoms with E-state index in [2.05, 4.69) is 16.4 Å². The number of carbonyl (C=O) groups is 1. The molecule has 158 valence electrons. The SMILES string of the molecule is N#Cc1ccccc1NC(=O)CSc1nc2cc(Cl)ccc2c(=O)n1Cc1ccccc1. The fourth-order valence-corrected chi connectivity index (χ4v) is 4.16. The van der Waals surface area contributed by atoms with Crippen LogP contribution in [0.15, 0.2) is 82.7 Å². The molecule has 8 heteroatoms. The third-order valence-corrected chi connectivity index (χ3v) is 5.93. The molecule has 0 radical (unpaired) electrons. The van der Waals surface area contributed by atoms with Crippen LogP contribution in [0.2, 0.25) is 5.02 Å². The highest BCUT2D eigenvalue weighted by molar-refractivity contribution is 7.99. The van der Waals surface area contributed by atoms with Gasteiger partial charge in [0.25, 0.3) is 5.56 Å². The normalized spacial score (nSPS) is 10.6. The lowest BCUT2D eigenvalue weighted by Crippen LogP contribution is -2.25. The molecular formula is C24H17ClN4O2S. The maximum atomic E-state index is 13.2. The molecule has 1 aromatic heterocycles. The van der Waals surface area contributed by atoms with E-state index in [1.54, 1.807) is 47.0 Å². The molecule has 0 spiro atoms. The number of nitriles is 1. The third kappa shape index (κ3) is 4.83. The summed E-state index contributed by atoms with van der Waals surface area (Å²) in [6, 6.07) is 23.4. The number of nitrogens with one attached hydrogen (secondary N) is 1. The van der Waals surface area contributed by atoms with E-state index in [-0.39, 0.29) is 17.2 Å². The maximum absolute atomic E-state index is 13.2. The molecule has 0 aliphatic carbocycles. The van der Waals surface area contributed by atoms with Gasteiger partial charge >= 0.3 is 0 Å². The summed E-state index contributed by atoms with van der Waals surface area (Å²) >= 11 is 7.25. The number of benzene rings is 3. The molecule has 0 fully saturated rings. The van der Waals surface area contributed by atoms with E-state index in [4.69, 9.17) is 11.6 Å². The Balaban J connectivity index is 1.64. The van der Waals surface area contributed by atoms with Gasteiger partial charge in [-0.25, -0.2) is 4.98 Å². The second-order valence-corrected chi connectivity index (χ2v) is 8.31. The largest absolute Gasteiger partial charge is 0.324 e. The Morgan fingerprint density at radius 2 is 1.84 bits per heavy atom. The van der Waals surface area contributed by atoms with Crippen LogP contribution in [-0.2, 0) is 11.3 Å². The first-order valence-electron chi connectivity index (χ1n) is 9.71. The molecular weight excluding hydrogens is 444 g/mol. The summed E-state index contributed by atoms with van der Waals surface area (Å²) in [5, 5.41) is 13.3. The number of aromatic nitrogens is 2. The number of thioether (sulfide) groups is 1. The van der Waals surface area contributed by atoms with E-state index in [0.717, 1.165) is 17.3 Å². The van der Waals surface area contributed by atoms with Crippen LogP contribution in [0.5, 0.6) is 0 Å². The molecule has 1 heterocycles. The summed E-state index contributed by atoms with van der Waals surface area (Å²) in [4.78, 5) is 30.4. The molecule has 0 saturated heterocycles. The zero-order valence-electron chi connectivity index (χ0n) is 16.8. The zero-order chi connectivity index (χ0) is 22.5. The minimum Gasteiger partial charge on any atom is -0.324 e. The number of amides is 1. The first-order chi connectivity index (χ1) is 15.5. The minimum atomic E-state index is -0.301. The number of carbonyl (C=O) groups excluding carboxylic acids is 1. The number of nitrogens with zero attached hydrogens (tertiary/aromatic N) is 3. The van der Waals surface area contributed by atoms with Crippen LogP contribution in [0, 0.1) is 11.3 Å². The van der Waals surface area contributed by atoms with E-state index < -0.39 is 0 Å². The lowest BCUT2D eigenvalue weighted by molar-refractivity contribution is -0.113. The summed E-state index contributed by atoms with van der Waals surface area (Å²) in [5.74, 6) is -0.281. The maximum Gasteiger partial charge on any atom is 0.262 e. The Hall–Kier alpha value is -3.60. The van der Waals surface area contributed by atoms with Crippen molar-refractivity contribution >= 4 is 45.9 Å². The average molecular weight is 461 g/mol. The predicted octanol–water partition coefficient (Wildman–Crippen LogP) is 4.70. The van der Waals surface area contributed by atoms with Crippen molar-refractivity contribution in [1.82, 2.24) is 9.55 Å². The molecule has 0 unspecified atom stereocenters. The Kier molecular flexibility index (Phi) is 6.55. The summed E-state index contributed by atoms with van der Waals surface area (Å²) in [7, 11) is 0. The van der Waals surface area contributed by atoms with Crippen LogP contribution >= 0.6 is 23.4 Å². The molecule has 6 nitrogen and oxygen atoms in total. The third-order valence-electron chi connectivity index (χ3n) is 4.72. The van der Waals surface area contributed by atoms with Crippen LogP contribution in [0.25, 0.3) is 10.9 Å². The number of rotatable bonds is 6. The number of hydrogen-bond donors (Lipinski definition) is 1. The monoisotopic (exact) mass is 460 g/mol. The topological polar surface area (TPSA) is 87.8 Å². The van der Waals surface area contributed by atoms with E-state index in [1.165, 1.54) is 0 Å². The number of anilines is 1.